The SMILES string of the molecule is C[C@@H](OC[C@@]1(c2ccccc2)CC[C@](C=O)(n2cn[nH]c2=O)CN1C(=O)OCc1ccccc1)c1cc(C(F)(F)F)cc(C(F)(F)F)c1. The van der Waals surface area contributed by atoms with Crippen molar-refractivity contribution in [1.82, 2.24) is 19.7 Å². The summed E-state index contributed by atoms with van der Waals surface area (Å²) in [5, 5.41) is 5.95. The Hall–Kier alpha value is -4.92. The van der Waals surface area contributed by atoms with Gasteiger partial charge >= 0.3 is 24.1 Å². The van der Waals surface area contributed by atoms with Gasteiger partial charge in [-0.3, -0.25) is 9.47 Å². The van der Waals surface area contributed by atoms with Crippen LogP contribution in [0.2, 0.25) is 0 Å². The standard InChI is InChI=1S/C33H30F6N4O5/c1-22(24-14-26(32(34,35)36)16-27(15-24)33(37,38)39)48-20-31(25-10-6-3-7-11-25)13-12-30(19-44,43-21-40-41-28(43)45)18-42(31)29(46)47-17-23-8-4-2-5-9-23/h2-11,14-16,19,21-22H,12-13,17-18,20H2,1H3,(H,41,45)/t22-,30+,31-/m1/s1. The molecule has 15 heteroatoms. The first-order valence-electron chi connectivity index (χ1n) is 14.7. The third-order valence-corrected chi connectivity index (χ3v) is 8.56. The van der Waals surface area contributed by atoms with Gasteiger partial charge in [-0.25, -0.2) is 14.7 Å². The van der Waals surface area contributed by atoms with E-state index in [-0.39, 0.29) is 31.1 Å². The van der Waals surface area contributed by atoms with E-state index in [4.69, 9.17) is 9.47 Å². The molecule has 3 aromatic carbocycles. The zero-order valence-electron chi connectivity index (χ0n) is 25.4. The van der Waals surface area contributed by atoms with Crippen LogP contribution in [0.15, 0.2) is 90.0 Å². The highest BCUT2D eigenvalue weighted by Crippen LogP contribution is 2.45. The van der Waals surface area contributed by atoms with Crippen LogP contribution in [0.3, 0.4) is 0 Å². The fraction of sp³-hybridized carbons (Fsp3) is 0.333. The molecule has 1 saturated heterocycles. The third-order valence-electron chi connectivity index (χ3n) is 8.56. The first kappa shape index (κ1) is 34.4. The third kappa shape index (κ3) is 7.00. The van der Waals surface area contributed by atoms with E-state index in [2.05, 4.69) is 10.2 Å². The Kier molecular flexibility index (Phi) is 9.53. The minimum absolute atomic E-state index is 0.0210. The highest BCUT2D eigenvalue weighted by Gasteiger charge is 2.53. The topological polar surface area (TPSA) is 107 Å². The van der Waals surface area contributed by atoms with E-state index in [9.17, 15) is 40.7 Å². The molecule has 2 heterocycles. The Labute approximate surface area is 270 Å². The molecule has 48 heavy (non-hydrogen) atoms. The number of rotatable bonds is 9. The van der Waals surface area contributed by atoms with Crippen molar-refractivity contribution in [2.45, 2.75) is 55.9 Å². The lowest BCUT2D eigenvalue weighted by Gasteiger charge is -2.51. The summed E-state index contributed by atoms with van der Waals surface area (Å²) in [5.41, 5.74) is -5.98. The van der Waals surface area contributed by atoms with Crippen LogP contribution in [-0.2, 0) is 44.3 Å². The van der Waals surface area contributed by atoms with Gasteiger partial charge in [0, 0.05) is 0 Å². The van der Waals surface area contributed by atoms with Crippen LogP contribution in [0.25, 0.3) is 0 Å². The normalized spacial score (nSPS) is 20.7. The summed E-state index contributed by atoms with van der Waals surface area (Å²) < 4.78 is 94.5. The number of aromatic amines is 1. The molecule has 4 aromatic rings. The van der Waals surface area contributed by atoms with Crippen molar-refractivity contribution in [3.63, 3.8) is 0 Å². The smallest absolute Gasteiger partial charge is 0.416 e. The van der Waals surface area contributed by atoms with E-state index in [1.165, 1.54) is 11.8 Å². The molecule has 254 valence electrons. The number of carbonyl (C=O) groups excluding carboxylic acids is 2. The van der Waals surface area contributed by atoms with Gasteiger partial charge in [0.1, 0.15) is 24.8 Å². The van der Waals surface area contributed by atoms with Crippen LogP contribution in [0, 0.1) is 0 Å². The van der Waals surface area contributed by atoms with Gasteiger partial charge in [-0.2, -0.15) is 31.4 Å². The minimum atomic E-state index is -5.06. The number of carbonyl (C=O) groups is 2. The van der Waals surface area contributed by atoms with Crippen molar-refractivity contribution in [2.75, 3.05) is 13.2 Å². The number of alkyl halides is 6. The zero-order chi connectivity index (χ0) is 34.7. The molecule has 0 spiro atoms. The van der Waals surface area contributed by atoms with Crippen LogP contribution in [0.5, 0.6) is 0 Å². The van der Waals surface area contributed by atoms with E-state index < -0.39 is 65.6 Å². The number of hydrogen-bond acceptors (Lipinski definition) is 6. The van der Waals surface area contributed by atoms with Gasteiger partial charge < -0.3 is 14.3 Å². The molecule has 1 fully saturated rings. The summed E-state index contributed by atoms with van der Waals surface area (Å²) in [6, 6.07) is 18.3. The van der Waals surface area contributed by atoms with Gasteiger partial charge in [0.05, 0.1) is 35.9 Å². The van der Waals surface area contributed by atoms with Crippen LogP contribution in [0.1, 0.15) is 53.7 Å². The molecule has 0 bridgehead atoms. The fourth-order valence-electron chi connectivity index (χ4n) is 5.87. The number of hydrogen-bond donors (Lipinski definition) is 1. The van der Waals surface area contributed by atoms with Gasteiger partial charge in [0.15, 0.2) is 0 Å². The summed E-state index contributed by atoms with van der Waals surface area (Å²) in [6.07, 6.45) is -10.7. The van der Waals surface area contributed by atoms with Crippen molar-refractivity contribution in [2.24, 2.45) is 0 Å². The summed E-state index contributed by atoms with van der Waals surface area (Å²) in [5.74, 6) is 0. The number of benzene rings is 3. The lowest BCUT2D eigenvalue weighted by Crippen LogP contribution is -2.64. The highest BCUT2D eigenvalue weighted by atomic mass is 19.4. The predicted molar refractivity (Wildman–Crippen MR) is 158 cm³/mol. The number of piperidine rings is 1. The number of aldehydes is 1. The second kappa shape index (κ2) is 13.3. The molecule has 0 unspecified atom stereocenters. The Morgan fingerprint density at radius 3 is 2.10 bits per heavy atom. The molecule has 0 radical (unpaired) electrons. The van der Waals surface area contributed by atoms with Crippen LogP contribution >= 0.6 is 0 Å². The molecule has 1 amide bonds. The maximum atomic E-state index is 14.0. The van der Waals surface area contributed by atoms with Crippen molar-refractivity contribution in [1.29, 1.82) is 0 Å². The van der Waals surface area contributed by atoms with Gasteiger partial charge in [0.2, 0.25) is 0 Å². The molecular formula is C33H30F6N4O5. The second-order valence-electron chi connectivity index (χ2n) is 11.6. The average molecular weight is 677 g/mol. The number of amides is 1. The van der Waals surface area contributed by atoms with Crippen molar-refractivity contribution >= 4 is 12.4 Å². The number of H-pyrrole nitrogens is 1. The Morgan fingerprint density at radius 2 is 1.56 bits per heavy atom. The maximum absolute atomic E-state index is 14.0. The van der Waals surface area contributed by atoms with E-state index in [0.29, 0.717) is 29.5 Å². The molecule has 1 aliphatic heterocycles. The largest absolute Gasteiger partial charge is 0.445 e. The molecule has 9 nitrogen and oxygen atoms in total. The first-order valence-corrected chi connectivity index (χ1v) is 14.7. The first-order chi connectivity index (χ1) is 22.7. The summed E-state index contributed by atoms with van der Waals surface area (Å²) >= 11 is 0. The van der Waals surface area contributed by atoms with E-state index in [1.807, 2.05) is 0 Å². The Balaban J connectivity index is 1.56. The van der Waals surface area contributed by atoms with E-state index in [1.54, 1.807) is 60.7 Å². The summed E-state index contributed by atoms with van der Waals surface area (Å²) in [6.45, 7) is 0.307. The number of halogens is 6. The van der Waals surface area contributed by atoms with Crippen LogP contribution in [0.4, 0.5) is 31.1 Å². The fourth-order valence-corrected chi connectivity index (χ4v) is 5.87. The maximum Gasteiger partial charge on any atom is 0.416 e. The lowest BCUT2D eigenvalue weighted by molar-refractivity contribution is -0.143. The minimum Gasteiger partial charge on any atom is -0.445 e. The molecule has 0 saturated carbocycles. The Morgan fingerprint density at radius 1 is 0.958 bits per heavy atom. The molecule has 1 N–H and O–H groups in total. The van der Waals surface area contributed by atoms with Crippen LogP contribution < -0.4 is 5.69 Å². The molecular weight excluding hydrogens is 646 g/mol. The van der Waals surface area contributed by atoms with Crippen molar-refractivity contribution in [3.8, 4) is 0 Å². The second-order valence-corrected chi connectivity index (χ2v) is 11.6. The molecule has 3 atom stereocenters. The molecule has 1 aliphatic rings. The van der Waals surface area contributed by atoms with Gasteiger partial charge in [-0.1, -0.05) is 60.7 Å². The van der Waals surface area contributed by atoms with E-state index >= 15 is 0 Å². The Bertz CT molecular complexity index is 1760. The summed E-state index contributed by atoms with van der Waals surface area (Å²) in [4.78, 5) is 40.6. The van der Waals surface area contributed by atoms with E-state index in [0.717, 1.165) is 10.9 Å². The highest BCUT2D eigenvalue weighted by molar-refractivity contribution is 5.72. The van der Waals surface area contributed by atoms with Gasteiger partial charge in [-0.15, -0.1) is 0 Å². The van der Waals surface area contributed by atoms with Crippen molar-refractivity contribution < 1.29 is 45.4 Å². The monoisotopic (exact) mass is 676 g/mol. The summed E-state index contributed by atoms with van der Waals surface area (Å²) in [7, 11) is 0. The van der Waals surface area contributed by atoms with Gasteiger partial charge in [0.25, 0.3) is 0 Å². The number of nitrogens with zero attached hydrogens (tertiary/aromatic N) is 3. The average Bonchev–Trinajstić information content (AvgIpc) is 3.52. The number of ether oxygens (including phenoxy) is 2. The number of aromatic nitrogens is 3. The van der Waals surface area contributed by atoms with Crippen molar-refractivity contribution in [3.05, 3.63) is 123 Å². The van der Waals surface area contributed by atoms with Gasteiger partial charge in [-0.05, 0) is 54.7 Å². The number of likely N-dealkylation sites (tertiary alicyclic amines) is 1. The predicted octanol–water partition coefficient (Wildman–Crippen LogP) is 6.61. The number of nitrogens with one attached hydrogen (secondary N) is 1. The van der Waals surface area contributed by atoms with Crippen LogP contribution in [-0.4, -0.2) is 45.2 Å². The molecule has 1 aromatic heterocycles. The lowest BCUT2D eigenvalue weighted by atomic mass is 9.75. The zero-order valence-corrected chi connectivity index (χ0v) is 25.4. The molecule has 5 rings (SSSR count). The molecule has 0 aliphatic carbocycles. The quantitative estimate of drug-likeness (QED) is 0.158.